The molecule has 2 N–H and O–H groups in total. The molecule has 0 atom stereocenters. The van der Waals surface area contributed by atoms with E-state index in [2.05, 4.69) is 16.0 Å². The summed E-state index contributed by atoms with van der Waals surface area (Å²) in [6, 6.07) is 0. The minimum Gasteiger partial charge on any atom is -0.456 e. The highest BCUT2D eigenvalue weighted by Crippen LogP contribution is 2.29. The predicted molar refractivity (Wildman–Crippen MR) is 103 cm³/mol. The number of carbonyl (C=O) groups is 2. The van der Waals surface area contributed by atoms with Crippen molar-refractivity contribution in [3.8, 4) is 12.3 Å². The highest BCUT2D eigenvalue weighted by Gasteiger charge is 2.23. The maximum Gasteiger partial charge on any atom is 0.307 e. The van der Waals surface area contributed by atoms with Gasteiger partial charge in [0.1, 0.15) is 0 Å². The fourth-order valence-electron chi connectivity index (χ4n) is 2.65. The number of carbonyl (C=O) groups excluding carboxylic acids is 2. The Bertz CT molecular complexity index is 853. The molecule has 1 rings (SSSR count). The van der Waals surface area contributed by atoms with Crippen molar-refractivity contribution < 1.29 is 22.7 Å². The molecule has 27 heavy (non-hydrogen) atoms. The van der Waals surface area contributed by atoms with Crippen LogP contribution >= 0.6 is 0 Å². The molecule has 0 unspecified atom stereocenters. The molecule has 8 heteroatoms. The molecule has 1 aromatic rings. The predicted octanol–water partition coefficient (Wildman–Crippen LogP) is 1.19. The normalized spacial score (nSPS) is 11.0. The lowest BCUT2D eigenvalue weighted by molar-refractivity contribution is -0.148. The van der Waals surface area contributed by atoms with Gasteiger partial charge < -0.3 is 10.1 Å². The van der Waals surface area contributed by atoms with Crippen molar-refractivity contribution in [3.63, 3.8) is 0 Å². The standard InChI is InChI=1S/C19H26N2O5S/c1-7-9-20-17(22)11-26-18(23)8-10-21-27(24,25)19-15(5)13(3)12(2)14(4)16(19)6/h1,21H,8-11H2,2-6H3,(H,20,22). The van der Waals surface area contributed by atoms with Crippen LogP contribution in [0.15, 0.2) is 4.90 Å². The van der Waals surface area contributed by atoms with Crippen LogP contribution in [-0.2, 0) is 24.3 Å². The maximum atomic E-state index is 12.7. The molecule has 0 fully saturated rings. The number of terminal acetylenes is 1. The van der Waals surface area contributed by atoms with Crippen molar-refractivity contribution >= 4 is 21.9 Å². The van der Waals surface area contributed by atoms with Crippen LogP contribution in [0.4, 0.5) is 0 Å². The summed E-state index contributed by atoms with van der Waals surface area (Å²) in [6.07, 6.45) is 4.81. The lowest BCUT2D eigenvalue weighted by atomic mass is 9.95. The van der Waals surface area contributed by atoms with E-state index < -0.39 is 28.5 Å². The monoisotopic (exact) mass is 394 g/mol. The summed E-state index contributed by atoms with van der Waals surface area (Å²) in [7, 11) is -3.78. The zero-order valence-corrected chi connectivity index (χ0v) is 17.2. The first-order chi connectivity index (χ1) is 12.5. The van der Waals surface area contributed by atoms with Gasteiger partial charge in [0.25, 0.3) is 5.91 Å². The van der Waals surface area contributed by atoms with Crippen molar-refractivity contribution in [2.45, 2.75) is 45.9 Å². The van der Waals surface area contributed by atoms with E-state index in [4.69, 9.17) is 11.2 Å². The lowest BCUT2D eigenvalue weighted by Crippen LogP contribution is -2.31. The van der Waals surface area contributed by atoms with Crippen LogP contribution in [0.5, 0.6) is 0 Å². The van der Waals surface area contributed by atoms with Gasteiger partial charge in [-0.1, -0.05) is 5.92 Å². The van der Waals surface area contributed by atoms with Gasteiger partial charge in [0.15, 0.2) is 6.61 Å². The Labute approximate surface area is 160 Å². The van der Waals surface area contributed by atoms with Crippen LogP contribution in [0.2, 0.25) is 0 Å². The zero-order valence-electron chi connectivity index (χ0n) is 16.4. The third-order valence-corrected chi connectivity index (χ3v) is 6.31. The average Bonchev–Trinajstić information content (AvgIpc) is 2.61. The van der Waals surface area contributed by atoms with E-state index in [0.717, 1.165) is 16.7 Å². The third-order valence-electron chi connectivity index (χ3n) is 4.57. The number of nitrogens with one attached hydrogen (secondary N) is 2. The molecule has 0 aliphatic heterocycles. The van der Waals surface area contributed by atoms with Gasteiger partial charge in [0, 0.05) is 6.54 Å². The molecule has 0 bridgehead atoms. The number of sulfonamides is 1. The quantitative estimate of drug-likeness (QED) is 0.509. The van der Waals surface area contributed by atoms with E-state index >= 15 is 0 Å². The highest BCUT2D eigenvalue weighted by atomic mass is 32.2. The molecule has 0 radical (unpaired) electrons. The number of amides is 1. The molecule has 0 aliphatic carbocycles. The van der Waals surface area contributed by atoms with Crippen LogP contribution < -0.4 is 10.0 Å². The van der Waals surface area contributed by atoms with Gasteiger partial charge in [-0.2, -0.15) is 0 Å². The van der Waals surface area contributed by atoms with Crippen LogP contribution in [0.3, 0.4) is 0 Å². The summed E-state index contributed by atoms with van der Waals surface area (Å²) < 4.78 is 32.6. The summed E-state index contributed by atoms with van der Waals surface area (Å²) in [6.45, 7) is 8.74. The first kappa shape index (κ1) is 22.7. The molecule has 0 aliphatic rings. The molecule has 0 spiro atoms. The Morgan fingerprint density at radius 3 is 2.04 bits per heavy atom. The molecule has 0 heterocycles. The second-order valence-corrected chi connectivity index (χ2v) is 7.95. The van der Waals surface area contributed by atoms with Crippen molar-refractivity contribution in [2.75, 3.05) is 19.7 Å². The van der Waals surface area contributed by atoms with Gasteiger partial charge in [-0.3, -0.25) is 9.59 Å². The van der Waals surface area contributed by atoms with Crippen LogP contribution in [-0.4, -0.2) is 40.0 Å². The highest BCUT2D eigenvalue weighted by molar-refractivity contribution is 7.89. The van der Waals surface area contributed by atoms with Gasteiger partial charge in [-0.25, -0.2) is 13.1 Å². The Morgan fingerprint density at radius 1 is 1.00 bits per heavy atom. The van der Waals surface area contributed by atoms with Gasteiger partial charge in [0.2, 0.25) is 10.0 Å². The van der Waals surface area contributed by atoms with E-state index in [1.807, 2.05) is 20.8 Å². The lowest BCUT2D eigenvalue weighted by Gasteiger charge is -2.19. The second kappa shape index (κ2) is 9.53. The van der Waals surface area contributed by atoms with Crippen molar-refractivity contribution in [3.05, 3.63) is 27.8 Å². The van der Waals surface area contributed by atoms with Crippen LogP contribution in [0.1, 0.15) is 34.2 Å². The largest absolute Gasteiger partial charge is 0.456 e. The van der Waals surface area contributed by atoms with Crippen molar-refractivity contribution in [2.24, 2.45) is 0 Å². The second-order valence-electron chi connectivity index (χ2n) is 6.24. The third kappa shape index (κ3) is 5.81. The Hall–Kier alpha value is -2.37. The number of rotatable bonds is 8. The number of ether oxygens (including phenoxy) is 1. The van der Waals surface area contributed by atoms with Crippen LogP contribution in [0, 0.1) is 47.0 Å². The summed E-state index contributed by atoms with van der Waals surface area (Å²) in [5, 5.41) is 2.35. The first-order valence-corrected chi connectivity index (χ1v) is 9.93. The Balaban J connectivity index is 2.72. The minimum atomic E-state index is -3.78. The number of benzene rings is 1. The molecule has 1 aromatic carbocycles. The van der Waals surface area contributed by atoms with Crippen LogP contribution in [0.25, 0.3) is 0 Å². The molecule has 0 saturated carbocycles. The van der Waals surface area contributed by atoms with Gasteiger partial charge in [-0.15, -0.1) is 6.42 Å². The summed E-state index contributed by atoms with van der Waals surface area (Å²) in [4.78, 5) is 23.2. The Kier molecular flexibility index (Phi) is 8.00. The maximum absolute atomic E-state index is 12.7. The van der Waals surface area contributed by atoms with E-state index in [1.165, 1.54) is 0 Å². The summed E-state index contributed by atoms with van der Waals surface area (Å²) in [5.74, 6) is 1.03. The molecule has 1 amide bonds. The van der Waals surface area contributed by atoms with Gasteiger partial charge in [-0.05, 0) is 62.4 Å². The summed E-state index contributed by atoms with van der Waals surface area (Å²) in [5.41, 5.74) is 4.30. The number of esters is 1. The molecule has 148 valence electrons. The molecule has 7 nitrogen and oxygen atoms in total. The van der Waals surface area contributed by atoms with E-state index in [9.17, 15) is 18.0 Å². The Morgan fingerprint density at radius 2 is 1.52 bits per heavy atom. The average molecular weight is 394 g/mol. The topological polar surface area (TPSA) is 102 Å². The fourth-order valence-corrected chi connectivity index (χ4v) is 4.27. The van der Waals surface area contributed by atoms with Gasteiger partial charge >= 0.3 is 5.97 Å². The molecular formula is C19H26N2O5S. The van der Waals surface area contributed by atoms with E-state index in [0.29, 0.717) is 11.1 Å². The molecule has 0 saturated heterocycles. The molecular weight excluding hydrogens is 368 g/mol. The van der Waals surface area contributed by atoms with E-state index in [-0.39, 0.29) is 24.4 Å². The van der Waals surface area contributed by atoms with Crippen molar-refractivity contribution in [1.29, 1.82) is 0 Å². The first-order valence-electron chi connectivity index (χ1n) is 8.45. The molecule has 0 aromatic heterocycles. The number of hydrogen-bond donors (Lipinski definition) is 2. The van der Waals surface area contributed by atoms with E-state index in [1.54, 1.807) is 13.8 Å². The van der Waals surface area contributed by atoms with Crippen molar-refractivity contribution in [1.82, 2.24) is 10.0 Å². The SMILES string of the molecule is C#CCNC(=O)COC(=O)CCNS(=O)(=O)c1c(C)c(C)c(C)c(C)c1C. The fraction of sp³-hybridized carbons (Fsp3) is 0.474. The smallest absolute Gasteiger partial charge is 0.307 e. The minimum absolute atomic E-state index is 0.0459. The zero-order chi connectivity index (χ0) is 20.8. The summed E-state index contributed by atoms with van der Waals surface area (Å²) >= 11 is 0. The van der Waals surface area contributed by atoms with Gasteiger partial charge in [0.05, 0.1) is 17.9 Å². The number of hydrogen-bond acceptors (Lipinski definition) is 5.